The quantitative estimate of drug-likeness (QED) is 0.292. The molecule has 0 spiro atoms. The van der Waals surface area contributed by atoms with E-state index >= 15 is 0 Å². The molecule has 0 bridgehead atoms. The van der Waals surface area contributed by atoms with Crippen molar-refractivity contribution >= 4 is 43.0 Å². The molecular formula is C24H37N3O5SSi. The van der Waals surface area contributed by atoms with Gasteiger partial charge in [-0.15, -0.1) is 0 Å². The Bertz CT molecular complexity index is 961. The standard InChI is InChI=1S/C24H37N3O5SSi/c1-24(2,3)34(6,7)32-11-9-25-17-8-10-27(15-17)18-14-20(31-5)19(30-4)12-16(18)13-21-22(28)26-23(29)33-21/h12-14,17,25H,8-11,15H2,1-7H3,(H,26,28,29)/b21-13-. The van der Waals surface area contributed by atoms with Gasteiger partial charge < -0.3 is 24.1 Å². The maximum Gasteiger partial charge on any atom is 0.290 e. The van der Waals surface area contributed by atoms with Crippen LogP contribution in [-0.4, -0.2) is 66.0 Å². The Balaban J connectivity index is 1.71. The van der Waals surface area contributed by atoms with Crippen LogP contribution >= 0.6 is 11.8 Å². The average Bonchev–Trinajstić information content (AvgIpc) is 3.35. The van der Waals surface area contributed by atoms with Crippen molar-refractivity contribution in [1.29, 1.82) is 0 Å². The summed E-state index contributed by atoms with van der Waals surface area (Å²) in [6.07, 6.45) is 2.74. The first-order valence-electron chi connectivity index (χ1n) is 11.6. The summed E-state index contributed by atoms with van der Waals surface area (Å²) in [5.41, 5.74) is 1.76. The van der Waals surface area contributed by atoms with Crippen molar-refractivity contribution in [2.75, 3.05) is 45.4 Å². The molecule has 1 aromatic carbocycles. The summed E-state index contributed by atoms with van der Waals surface area (Å²) in [5.74, 6) is 0.821. The molecule has 0 aliphatic carbocycles. The highest BCUT2D eigenvalue weighted by atomic mass is 32.2. The summed E-state index contributed by atoms with van der Waals surface area (Å²) in [6.45, 7) is 14.5. The molecule has 188 valence electrons. The van der Waals surface area contributed by atoms with E-state index in [9.17, 15) is 9.59 Å². The summed E-state index contributed by atoms with van der Waals surface area (Å²) >= 11 is 0.909. The molecule has 2 fully saturated rings. The van der Waals surface area contributed by atoms with E-state index < -0.39 is 8.32 Å². The molecule has 0 aromatic heterocycles. The second-order valence-corrected chi connectivity index (χ2v) is 15.9. The van der Waals surface area contributed by atoms with Gasteiger partial charge in [0, 0.05) is 49.6 Å². The van der Waals surface area contributed by atoms with Crippen LogP contribution in [-0.2, 0) is 9.22 Å². The Kier molecular flexibility index (Phi) is 8.38. The largest absolute Gasteiger partial charge is 0.493 e. The third-order valence-corrected chi connectivity index (χ3v) is 12.1. The Hall–Kier alpha value is -2.01. The molecule has 3 rings (SSSR count). The number of carbonyl (C=O) groups is 2. The number of rotatable bonds is 9. The zero-order chi connectivity index (χ0) is 25.1. The lowest BCUT2D eigenvalue weighted by Gasteiger charge is -2.36. The lowest BCUT2D eigenvalue weighted by Crippen LogP contribution is -2.43. The topological polar surface area (TPSA) is 89.1 Å². The number of hydrogen-bond acceptors (Lipinski definition) is 8. The minimum absolute atomic E-state index is 0.203. The SMILES string of the molecule is COc1cc(/C=C2\SC(=O)NC2=O)c(N2CCC(NCCO[Si](C)(C)C(C)(C)C)C2)cc1OC. The highest BCUT2D eigenvalue weighted by molar-refractivity contribution is 8.18. The molecule has 34 heavy (non-hydrogen) atoms. The lowest BCUT2D eigenvalue weighted by atomic mass is 10.1. The predicted molar refractivity (Wildman–Crippen MR) is 140 cm³/mol. The maximum absolute atomic E-state index is 12.1. The van der Waals surface area contributed by atoms with E-state index in [1.165, 1.54) is 0 Å². The van der Waals surface area contributed by atoms with E-state index in [4.69, 9.17) is 13.9 Å². The second-order valence-electron chi connectivity index (χ2n) is 10.1. The fourth-order valence-corrected chi connectivity index (χ4v) is 5.49. The second kappa shape index (κ2) is 10.7. The Labute approximate surface area is 207 Å². The highest BCUT2D eigenvalue weighted by Crippen LogP contribution is 2.39. The molecule has 1 atom stereocenters. The van der Waals surface area contributed by atoms with Gasteiger partial charge in [0.15, 0.2) is 19.8 Å². The van der Waals surface area contributed by atoms with E-state index in [-0.39, 0.29) is 16.2 Å². The zero-order valence-electron chi connectivity index (χ0n) is 21.2. The van der Waals surface area contributed by atoms with Crippen molar-refractivity contribution < 1.29 is 23.5 Å². The van der Waals surface area contributed by atoms with E-state index in [2.05, 4.69) is 49.4 Å². The predicted octanol–water partition coefficient (Wildman–Crippen LogP) is 4.22. The zero-order valence-corrected chi connectivity index (χ0v) is 23.1. The molecule has 1 aromatic rings. The van der Waals surface area contributed by atoms with Gasteiger partial charge in [0.25, 0.3) is 11.1 Å². The van der Waals surface area contributed by atoms with E-state index in [0.717, 1.165) is 49.1 Å². The van der Waals surface area contributed by atoms with Crippen LogP contribution in [0.25, 0.3) is 6.08 Å². The van der Waals surface area contributed by atoms with Crippen LogP contribution in [0.3, 0.4) is 0 Å². The van der Waals surface area contributed by atoms with Gasteiger partial charge in [-0.2, -0.15) is 0 Å². The molecule has 0 saturated carbocycles. The summed E-state index contributed by atoms with van der Waals surface area (Å²) in [6, 6.07) is 4.13. The van der Waals surface area contributed by atoms with E-state index in [1.807, 2.05) is 12.1 Å². The normalized spacial score (nSPS) is 20.3. The number of methoxy groups -OCH3 is 2. The molecular weight excluding hydrogens is 470 g/mol. The molecule has 2 aliphatic heterocycles. The molecule has 2 saturated heterocycles. The first kappa shape index (κ1) is 26.6. The monoisotopic (exact) mass is 507 g/mol. The first-order chi connectivity index (χ1) is 15.9. The molecule has 10 heteroatoms. The molecule has 2 heterocycles. The van der Waals surface area contributed by atoms with E-state index in [1.54, 1.807) is 20.3 Å². The van der Waals surface area contributed by atoms with Crippen molar-refractivity contribution in [3.8, 4) is 11.5 Å². The molecule has 0 radical (unpaired) electrons. The number of thioether (sulfide) groups is 1. The number of ether oxygens (including phenoxy) is 2. The number of nitrogens with zero attached hydrogens (tertiary/aromatic N) is 1. The maximum atomic E-state index is 12.1. The molecule has 2 aliphatic rings. The van der Waals surface area contributed by atoms with Crippen LogP contribution in [0.2, 0.25) is 18.1 Å². The van der Waals surface area contributed by atoms with Gasteiger partial charge in [0.2, 0.25) is 0 Å². The molecule has 8 nitrogen and oxygen atoms in total. The molecule has 2 amide bonds. The Morgan fingerprint density at radius 1 is 1.21 bits per heavy atom. The summed E-state index contributed by atoms with van der Waals surface area (Å²) in [4.78, 5) is 26.4. The van der Waals surface area contributed by atoms with Crippen molar-refractivity contribution in [3.63, 3.8) is 0 Å². The molecule has 1 unspecified atom stereocenters. The van der Waals surface area contributed by atoms with Gasteiger partial charge in [-0.3, -0.25) is 14.9 Å². The fraction of sp³-hybridized carbons (Fsp3) is 0.583. The fourth-order valence-electron chi connectivity index (χ4n) is 3.77. The summed E-state index contributed by atoms with van der Waals surface area (Å²) in [7, 11) is 1.44. The highest BCUT2D eigenvalue weighted by Gasteiger charge is 2.37. The Morgan fingerprint density at radius 3 is 2.47 bits per heavy atom. The lowest BCUT2D eigenvalue weighted by molar-refractivity contribution is -0.115. The number of nitrogens with one attached hydrogen (secondary N) is 2. The number of carbonyl (C=O) groups excluding carboxylic acids is 2. The van der Waals surface area contributed by atoms with Gasteiger partial charge in [0.05, 0.1) is 19.1 Å². The number of hydrogen-bond donors (Lipinski definition) is 2. The van der Waals surface area contributed by atoms with Crippen LogP contribution in [0, 0.1) is 0 Å². The first-order valence-corrected chi connectivity index (χ1v) is 15.3. The smallest absolute Gasteiger partial charge is 0.290 e. The molecule has 2 N–H and O–H groups in total. The van der Waals surface area contributed by atoms with Gasteiger partial charge in [-0.25, -0.2) is 0 Å². The number of benzene rings is 1. The van der Waals surface area contributed by atoms with Crippen LogP contribution in [0.1, 0.15) is 32.8 Å². The van der Waals surface area contributed by atoms with Gasteiger partial charge in [-0.1, -0.05) is 20.8 Å². The van der Waals surface area contributed by atoms with Crippen molar-refractivity contribution in [2.45, 2.75) is 51.4 Å². The van der Waals surface area contributed by atoms with Crippen LogP contribution in [0.15, 0.2) is 17.0 Å². The van der Waals surface area contributed by atoms with Gasteiger partial charge >= 0.3 is 0 Å². The Morgan fingerprint density at radius 2 is 1.88 bits per heavy atom. The number of amides is 2. The van der Waals surface area contributed by atoms with Crippen molar-refractivity contribution in [3.05, 3.63) is 22.6 Å². The minimum atomic E-state index is -1.74. The van der Waals surface area contributed by atoms with E-state index in [0.29, 0.717) is 29.1 Å². The minimum Gasteiger partial charge on any atom is -0.493 e. The third-order valence-electron chi connectivity index (χ3n) is 6.79. The third kappa shape index (κ3) is 6.15. The summed E-state index contributed by atoms with van der Waals surface area (Å²) in [5, 5.41) is 5.79. The number of anilines is 1. The van der Waals surface area contributed by atoms with Crippen molar-refractivity contribution in [2.24, 2.45) is 0 Å². The average molecular weight is 508 g/mol. The van der Waals surface area contributed by atoms with Crippen molar-refractivity contribution in [1.82, 2.24) is 10.6 Å². The van der Waals surface area contributed by atoms with Gasteiger partial charge in [0.1, 0.15) is 0 Å². The van der Waals surface area contributed by atoms with Gasteiger partial charge in [-0.05, 0) is 48.5 Å². The van der Waals surface area contributed by atoms with Crippen LogP contribution in [0.5, 0.6) is 11.5 Å². The van der Waals surface area contributed by atoms with Crippen LogP contribution in [0.4, 0.5) is 10.5 Å². The summed E-state index contributed by atoms with van der Waals surface area (Å²) < 4.78 is 17.3. The number of imide groups is 1. The van der Waals surface area contributed by atoms with Crippen LogP contribution < -0.4 is 25.0 Å².